The van der Waals surface area contributed by atoms with Crippen molar-refractivity contribution in [1.29, 1.82) is 0 Å². The van der Waals surface area contributed by atoms with Crippen LogP contribution in [-0.4, -0.2) is 87.6 Å². The summed E-state index contributed by atoms with van der Waals surface area (Å²) >= 11 is 0. The molecule has 9 nitrogen and oxygen atoms in total. The van der Waals surface area contributed by atoms with Gasteiger partial charge < -0.3 is 19.3 Å². The van der Waals surface area contributed by atoms with Crippen molar-refractivity contribution < 1.29 is 22.7 Å². The first kappa shape index (κ1) is 21.9. The first-order chi connectivity index (χ1) is 14.7. The van der Waals surface area contributed by atoms with Crippen LogP contribution in [0.25, 0.3) is 10.9 Å². The van der Waals surface area contributed by atoms with Gasteiger partial charge in [0.1, 0.15) is 6.04 Å². The molecular weight excluding hydrogens is 420 g/mol. The molecule has 2 aromatic rings. The number of aromatic nitrogens is 2. The summed E-state index contributed by atoms with van der Waals surface area (Å²) in [5, 5.41) is 0.796. The number of ether oxygens (including phenoxy) is 2. The number of aryl methyl sites for hydroxylation is 1. The van der Waals surface area contributed by atoms with Gasteiger partial charge in [0.05, 0.1) is 42.0 Å². The predicted molar refractivity (Wildman–Crippen MR) is 116 cm³/mol. The Morgan fingerprint density at radius 3 is 2.81 bits per heavy atom. The van der Waals surface area contributed by atoms with E-state index in [1.165, 1.54) is 6.26 Å². The average molecular weight is 449 g/mol. The minimum Gasteiger partial charge on any atom is -0.376 e. The number of hydrogen-bond acceptors (Lipinski definition) is 8. The smallest absolute Gasteiger partial charge is 0.245 e. The maximum absolute atomic E-state index is 13.2. The number of sulfone groups is 1. The number of amides is 1. The Balaban J connectivity index is 1.59. The summed E-state index contributed by atoms with van der Waals surface area (Å²) in [4.78, 5) is 26.3. The SMILES string of the molecule is Cc1nc(N2CCC[C@@H]2C(=O)N(C)C[C@@H]2COCCO2)nc2cc(S(C)(=O)=O)ccc12. The van der Waals surface area contributed by atoms with Crippen molar-refractivity contribution in [3.8, 4) is 0 Å². The third-order valence-corrected chi connectivity index (χ3v) is 6.92. The Labute approximate surface area is 182 Å². The third kappa shape index (κ3) is 4.65. The van der Waals surface area contributed by atoms with Crippen LogP contribution < -0.4 is 4.90 Å². The van der Waals surface area contributed by atoms with E-state index in [1.54, 1.807) is 30.1 Å². The van der Waals surface area contributed by atoms with E-state index in [9.17, 15) is 13.2 Å². The molecule has 168 valence electrons. The summed E-state index contributed by atoms with van der Waals surface area (Å²) in [7, 11) is -1.57. The summed E-state index contributed by atoms with van der Waals surface area (Å²) in [6.45, 7) is 4.63. The molecule has 0 N–H and O–H groups in total. The summed E-state index contributed by atoms with van der Waals surface area (Å²) in [5.74, 6) is 0.454. The van der Waals surface area contributed by atoms with Crippen molar-refractivity contribution in [1.82, 2.24) is 14.9 Å². The maximum atomic E-state index is 13.2. The zero-order valence-electron chi connectivity index (χ0n) is 18.1. The number of hydrogen-bond donors (Lipinski definition) is 0. The molecule has 0 spiro atoms. The molecule has 2 saturated heterocycles. The summed E-state index contributed by atoms with van der Waals surface area (Å²) in [6, 6.07) is 4.52. The Bertz CT molecular complexity index is 1080. The highest BCUT2D eigenvalue weighted by molar-refractivity contribution is 7.90. The second-order valence-electron chi connectivity index (χ2n) is 8.20. The fourth-order valence-electron chi connectivity index (χ4n) is 4.17. The highest BCUT2D eigenvalue weighted by atomic mass is 32.2. The molecule has 2 atom stereocenters. The van der Waals surface area contributed by atoms with Crippen molar-refractivity contribution in [2.24, 2.45) is 0 Å². The fourth-order valence-corrected chi connectivity index (χ4v) is 4.81. The normalized spacial score (nSPS) is 22.1. The molecule has 0 unspecified atom stereocenters. The summed E-state index contributed by atoms with van der Waals surface area (Å²) < 4.78 is 35.0. The molecule has 1 aromatic heterocycles. The van der Waals surface area contributed by atoms with Crippen molar-refractivity contribution in [2.45, 2.75) is 36.8 Å². The van der Waals surface area contributed by atoms with E-state index in [0.717, 1.165) is 23.9 Å². The van der Waals surface area contributed by atoms with E-state index in [4.69, 9.17) is 9.47 Å². The third-order valence-electron chi connectivity index (χ3n) is 5.81. The molecule has 10 heteroatoms. The van der Waals surface area contributed by atoms with Crippen LogP contribution in [0.2, 0.25) is 0 Å². The first-order valence-corrected chi connectivity index (χ1v) is 12.3. The first-order valence-electron chi connectivity index (χ1n) is 10.4. The van der Waals surface area contributed by atoms with Gasteiger partial charge in [0.15, 0.2) is 9.84 Å². The van der Waals surface area contributed by atoms with Gasteiger partial charge in [-0.25, -0.2) is 18.4 Å². The molecule has 0 radical (unpaired) electrons. The molecule has 0 bridgehead atoms. The standard InChI is InChI=1S/C21H28N4O5S/c1-14-17-7-6-16(31(3,27)28)11-18(17)23-21(22-14)25-8-4-5-19(25)20(26)24(2)12-15-13-29-9-10-30-15/h6-7,11,15,19H,4-5,8-10,12-13H2,1-3H3/t15-,19-/m1/s1. The molecule has 2 aliphatic rings. The van der Waals surface area contributed by atoms with E-state index in [2.05, 4.69) is 9.97 Å². The number of nitrogens with zero attached hydrogens (tertiary/aromatic N) is 4. The zero-order valence-corrected chi connectivity index (χ0v) is 18.9. The van der Waals surface area contributed by atoms with Crippen LogP contribution in [0.1, 0.15) is 18.5 Å². The monoisotopic (exact) mass is 448 g/mol. The predicted octanol–water partition coefficient (Wildman–Crippen LogP) is 1.18. The Morgan fingerprint density at radius 1 is 1.29 bits per heavy atom. The lowest BCUT2D eigenvalue weighted by Crippen LogP contribution is -2.48. The molecule has 3 heterocycles. The van der Waals surface area contributed by atoms with E-state index < -0.39 is 9.84 Å². The molecule has 2 fully saturated rings. The van der Waals surface area contributed by atoms with Gasteiger partial charge in [0, 0.05) is 31.8 Å². The number of anilines is 1. The fraction of sp³-hybridized carbons (Fsp3) is 0.571. The van der Waals surface area contributed by atoms with Gasteiger partial charge in [-0.3, -0.25) is 4.79 Å². The Kier molecular flexibility index (Phi) is 6.14. The second kappa shape index (κ2) is 8.68. The van der Waals surface area contributed by atoms with Crippen molar-refractivity contribution in [3.63, 3.8) is 0 Å². The van der Waals surface area contributed by atoms with Crippen LogP contribution in [0.4, 0.5) is 5.95 Å². The Morgan fingerprint density at radius 2 is 2.10 bits per heavy atom. The van der Waals surface area contributed by atoms with Gasteiger partial charge in [0.2, 0.25) is 11.9 Å². The summed E-state index contributed by atoms with van der Waals surface area (Å²) in [6.07, 6.45) is 2.63. The topological polar surface area (TPSA) is 102 Å². The Hall–Kier alpha value is -2.30. The zero-order chi connectivity index (χ0) is 22.2. The van der Waals surface area contributed by atoms with Gasteiger partial charge in [-0.15, -0.1) is 0 Å². The molecule has 2 aliphatic heterocycles. The van der Waals surface area contributed by atoms with Gasteiger partial charge in [0.25, 0.3) is 0 Å². The molecule has 31 heavy (non-hydrogen) atoms. The number of carbonyl (C=O) groups is 1. The number of benzene rings is 1. The van der Waals surface area contributed by atoms with E-state index in [-0.39, 0.29) is 22.9 Å². The van der Waals surface area contributed by atoms with Crippen LogP contribution in [-0.2, 0) is 24.1 Å². The van der Waals surface area contributed by atoms with Crippen LogP contribution in [0.15, 0.2) is 23.1 Å². The number of carbonyl (C=O) groups excluding carboxylic acids is 1. The summed E-state index contributed by atoms with van der Waals surface area (Å²) in [5.41, 5.74) is 1.31. The van der Waals surface area contributed by atoms with Gasteiger partial charge in [-0.05, 0) is 38.0 Å². The lowest BCUT2D eigenvalue weighted by molar-refractivity contribution is -0.137. The van der Waals surface area contributed by atoms with E-state index in [1.807, 2.05) is 11.8 Å². The molecule has 0 saturated carbocycles. The minimum atomic E-state index is -3.35. The molecule has 1 aromatic carbocycles. The quantitative estimate of drug-likeness (QED) is 0.672. The number of likely N-dealkylation sites (N-methyl/N-ethyl adjacent to an activating group) is 1. The van der Waals surface area contributed by atoms with E-state index >= 15 is 0 Å². The van der Waals surface area contributed by atoms with Crippen LogP contribution in [0.3, 0.4) is 0 Å². The van der Waals surface area contributed by atoms with Crippen molar-refractivity contribution >= 4 is 32.6 Å². The van der Waals surface area contributed by atoms with E-state index in [0.29, 0.717) is 44.4 Å². The number of rotatable bonds is 5. The van der Waals surface area contributed by atoms with Crippen LogP contribution in [0.5, 0.6) is 0 Å². The molecular formula is C21H28N4O5S. The molecule has 0 aliphatic carbocycles. The van der Waals surface area contributed by atoms with Gasteiger partial charge in [-0.2, -0.15) is 0 Å². The highest BCUT2D eigenvalue weighted by Gasteiger charge is 2.35. The van der Waals surface area contributed by atoms with Gasteiger partial charge in [-0.1, -0.05) is 0 Å². The largest absolute Gasteiger partial charge is 0.376 e. The average Bonchev–Trinajstić information content (AvgIpc) is 3.22. The molecule has 1 amide bonds. The van der Waals surface area contributed by atoms with Crippen LogP contribution >= 0.6 is 0 Å². The number of fused-ring (bicyclic) bond motifs is 1. The molecule has 4 rings (SSSR count). The van der Waals surface area contributed by atoms with Crippen molar-refractivity contribution in [3.05, 3.63) is 23.9 Å². The second-order valence-corrected chi connectivity index (χ2v) is 10.2. The lowest BCUT2D eigenvalue weighted by Gasteiger charge is -2.31. The maximum Gasteiger partial charge on any atom is 0.245 e. The minimum absolute atomic E-state index is 0.00194. The highest BCUT2D eigenvalue weighted by Crippen LogP contribution is 2.28. The lowest BCUT2D eigenvalue weighted by atomic mass is 10.2. The van der Waals surface area contributed by atoms with Crippen molar-refractivity contribution in [2.75, 3.05) is 51.1 Å². The van der Waals surface area contributed by atoms with Crippen LogP contribution in [0, 0.1) is 6.92 Å². The van der Waals surface area contributed by atoms with Gasteiger partial charge >= 0.3 is 0 Å².